The highest BCUT2D eigenvalue weighted by atomic mass is 79.9. The first-order valence-electron chi connectivity index (χ1n) is 5.66. The fourth-order valence-electron chi connectivity index (χ4n) is 1.55. The Morgan fingerprint density at radius 1 is 1.30 bits per heavy atom. The monoisotopic (exact) mass is 354 g/mol. The summed E-state index contributed by atoms with van der Waals surface area (Å²) >= 11 is 4.74. The molecule has 0 saturated carbocycles. The van der Waals surface area contributed by atoms with Gasteiger partial charge < -0.3 is 15.7 Å². The summed E-state index contributed by atoms with van der Waals surface area (Å²) in [5.41, 5.74) is 0.287. The van der Waals surface area contributed by atoms with Gasteiger partial charge in [0, 0.05) is 9.35 Å². The quantitative estimate of drug-likeness (QED) is 0.785. The summed E-state index contributed by atoms with van der Waals surface area (Å²) < 4.78 is 0.638. The first-order chi connectivity index (χ1) is 9.56. The van der Waals surface area contributed by atoms with Crippen LogP contribution < -0.4 is 10.6 Å². The summed E-state index contributed by atoms with van der Waals surface area (Å²) in [5.74, 6) is -1.10. The number of amides is 2. The van der Waals surface area contributed by atoms with Gasteiger partial charge in [0.25, 0.3) is 0 Å². The number of urea groups is 1. The number of benzene rings is 1. The van der Waals surface area contributed by atoms with Crippen LogP contribution in [0.25, 0.3) is 0 Å². The smallest absolute Gasteiger partial charge is 0.337 e. The summed E-state index contributed by atoms with van der Waals surface area (Å²) in [6, 6.07) is 8.02. The van der Waals surface area contributed by atoms with Crippen molar-refractivity contribution in [2.24, 2.45) is 0 Å². The van der Waals surface area contributed by atoms with Crippen LogP contribution in [0.4, 0.5) is 10.5 Å². The number of rotatable bonds is 4. The molecule has 0 spiro atoms. The number of hydrogen-bond acceptors (Lipinski definition) is 3. The van der Waals surface area contributed by atoms with Crippen LogP contribution in [0.3, 0.4) is 0 Å². The molecule has 0 radical (unpaired) electrons. The van der Waals surface area contributed by atoms with Gasteiger partial charge in [0.15, 0.2) is 0 Å². The molecule has 20 heavy (non-hydrogen) atoms. The van der Waals surface area contributed by atoms with Crippen molar-refractivity contribution in [1.29, 1.82) is 0 Å². The Labute approximate surface area is 127 Å². The van der Waals surface area contributed by atoms with Crippen molar-refractivity contribution < 1.29 is 14.7 Å². The molecule has 104 valence electrons. The molecule has 0 bridgehead atoms. The average Bonchev–Trinajstić information content (AvgIpc) is 2.91. The van der Waals surface area contributed by atoms with Gasteiger partial charge in [-0.05, 0) is 29.6 Å². The number of hydrogen-bond donors (Lipinski definition) is 3. The van der Waals surface area contributed by atoms with Gasteiger partial charge in [0.2, 0.25) is 0 Å². The number of aromatic carboxylic acids is 1. The molecule has 0 saturated heterocycles. The average molecular weight is 355 g/mol. The van der Waals surface area contributed by atoms with E-state index in [9.17, 15) is 9.59 Å². The summed E-state index contributed by atoms with van der Waals surface area (Å²) in [6.45, 7) is 0.405. The van der Waals surface area contributed by atoms with Crippen molar-refractivity contribution in [2.75, 3.05) is 5.32 Å². The Bertz CT molecular complexity index is 629. The maximum absolute atomic E-state index is 11.7. The molecule has 2 rings (SSSR count). The minimum atomic E-state index is -1.10. The zero-order valence-corrected chi connectivity index (χ0v) is 12.6. The molecule has 0 aliphatic carbocycles. The molecule has 0 unspecified atom stereocenters. The lowest BCUT2D eigenvalue weighted by Crippen LogP contribution is -2.28. The largest absolute Gasteiger partial charge is 0.478 e. The Morgan fingerprint density at radius 2 is 2.10 bits per heavy atom. The normalized spacial score (nSPS) is 10.1. The number of nitrogens with one attached hydrogen (secondary N) is 2. The fraction of sp³-hybridized carbons (Fsp3) is 0.0769. The summed E-state index contributed by atoms with van der Waals surface area (Å²) in [6.07, 6.45) is 0. The molecular weight excluding hydrogens is 344 g/mol. The van der Waals surface area contributed by atoms with E-state index in [1.165, 1.54) is 23.5 Å². The molecule has 0 fully saturated rings. The molecule has 5 nitrogen and oxygen atoms in total. The topological polar surface area (TPSA) is 78.4 Å². The van der Waals surface area contributed by atoms with E-state index in [-0.39, 0.29) is 11.3 Å². The number of thiophene rings is 1. The number of halogens is 1. The number of carboxylic acids is 1. The van der Waals surface area contributed by atoms with Crippen molar-refractivity contribution in [3.63, 3.8) is 0 Å². The summed E-state index contributed by atoms with van der Waals surface area (Å²) in [7, 11) is 0. The van der Waals surface area contributed by atoms with Gasteiger partial charge in [0.1, 0.15) is 0 Å². The third-order valence-electron chi connectivity index (χ3n) is 2.46. The lowest BCUT2D eigenvalue weighted by molar-refractivity contribution is 0.0698. The maximum atomic E-state index is 11.7. The molecular formula is C13H11BrN2O3S. The molecule has 3 N–H and O–H groups in total. The van der Waals surface area contributed by atoms with Crippen LogP contribution in [0.5, 0.6) is 0 Å². The van der Waals surface area contributed by atoms with Crippen molar-refractivity contribution in [3.05, 3.63) is 50.6 Å². The Kier molecular flexibility index (Phi) is 4.75. The van der Waals surface area contributed by atoms with Crippen LogP contribution in [0, 0.1) is 0 Å². The van der Waals surface area contributed by atoms with Crippen LogP contribution >= 0.6 is 27.3 Å². The van der Waals surface area contributed by atoms with Crippen LogP contribution in [-0.4, -0.2) is 17.1 Å². The first-order valence-corrected chi connectivity index (χ1v) is 7.33. The number of anilines is 1. The van der Waals surface area contributed by atoms with Gasteiger partial charge in [0.05, 0.1) is 17.8 Å². The molecule has 1 heterocycles. The zero-order chi connectivity index (χ0) is 14.5. The summed E-state index contributed by atoms with van der Waals surface area (Å²) in [4.78, 5) is 23.9. The molecule has 0 aliphatic rings. The van der Waals surface area contributed by atoms with E-state index in [0.717, 1.165) is 4.88 Å². The lowest BCUT2D eigenvalue weighted by Gasteiger charge is -2.09. The maximum Gasteiger partial charge on any atom is 0.337 e. The number of carbonyl (C=O) groups excluding carboxylic acids is 1. The van der Waals surface area contributed by atoms with Gasteiger partial charge in [-0.2, -0.15) is 0 Å². The van der Waals surface area contributed by atoms with E-state index < -0.39 is 12.0 Å². The van der Waals surface area contributed by atoms with E-state index in [1.54, 1.807) is 6.07 Å². The lowest BCUT2D eigenvalue weighted by atomic mass is 10.2. The third-order valence-corrected chi connectivity index (χ3v) is 3.83. The molecule has 2 amide bonds. The van der Waals surface area contributed by atoms with Gasteiger partial charge in [-0.1, -0.05) is 22.0 Å². The zero-order valence-electron chi connectivity index (χ0n) is 10.2. The molecule has 7 heteroatoms. The molecule has 1 aromatic carbocycles. The predicted molar refractivity (Wildman–Crippen MR) is 81.3 cm³/mol. The molecule has 1 aromatic heterocycles. The molecule has 0 atom stereocenters. The van der Waals surface area contributed by atoms with Gasteiger partial charge in [-0.15, -0.1) is 11.3 Å². The highest BCUT2D eigenvalue weighted by Crippen LogP contribution is 2.21. The van der Waals surface area contributed by atoms with Crippen LogP contribution in [0.1, 0.15) is 15.2 Å². The van der Waals surface area contributed by atoms with E-state index in [0.29, 0.717) is 11.0 Å². The van der Waals surface area contributed by atoms with E-state index >= 15 is 0 Å². The van der Waals surface area contributed by atoms with Crippen molar-refractivity contribution in [2.45, 2.75) is 6.54 Å². The van der Waals surface area contributed by atoms with E-state index in [4.69, 9.17) is 5.11 Å². The van der Waals surface area contributed by atoms with Crippen molar-refractivity contribution in [1.82, 2.24) is 5.32 Å². The highest BCUT2D eigenvalue weighted by Gasteiger charge is 2.12. The third kappa shape index (κ3) is 3.82. The Balaban J connectivity index is 2.02. The van der Waals surface area contributed by atoms with E-state index in [1.807, 2.05) is 17.5 Å². The van der Waals surface area contributed by atoms with E-state index in [2.05, 4.69) is 26.6 Å². The minimum absolute atomic E-state index is 0.0330. The second-order valence-corrected chi connectivity index (χ2v) is 5.83. The van der Waals surface area contributed by atoms with Gasteiger partial charge in [-0.3, -0.25) is 0 Å². The van der Waals surface area contributed by atoms with Crippen molar-refractivity contribution in [3.8, 4) is 0 Å². The number of carboxylic acid groups (broad SMARTS) is 1. The summed E-state index contributed by atoms with van der Waals surface area (Å²) in [5, 5.41) is 16.2. The van der Waals surface area contributed by atoms with Crippen LogP contribution in [0.15, 0.2) is 40.2 Å². The standard InChI is InChI=1S/C13H11BrN2O3S/c14-8-3-4-11(10(6-8)12(17)18)16-13(19)15-7-9-2-1-5-20-9/h1-6H,7H2,(H,17,18)(H2,15,16,19). The molecule has 2 aromatic rings. The predicted octanol–water partition coefficient (Wildman–Crippen LogP) is 3.53. The van der Waals surface area contributed by atoms with Crippen molar-refractivity contribution >= 4 is 45.0 Å². The highest BCUT2D eigenvalue weighted by molar-refractivity contribution is 9.10. The second kappa shape index (κ2) is 6.53. The fourth-order valence-corrected chi connectivity index (χ4v) is 2.56. The number of carbonyl (C=O) groups is 2. The first kappa shape index (κ1) is 14.5. The van der Waals surface area contributed by atoms with Gasteiger partial charge >= 0.3 is 12.0 Å². The van der Waals surface area contributed by atoms with Crippen LogP contribution in [-0.2, 0) is 6.54 Å². The minimum Gasteiger partial charge on any atom is -0.478 e. The Morgan fingerprint density at radius 3 is 2.75 bits per heavy atom. The SMILES string of the molecule is O=C(NCc1cccs1)Nc1ccc(Br)cc1C(=O)O. The van der Waals surface area contributed by atoms with Crippen LogP contribution in [0.2, 0.25) is 0 Å². The Hall–Kier alpha value is -1.86. The second-order valence-electron chi connectivity index (χ2n) is 3.88. The molecule has 0 aliphatic heterocycles. The van der Waals surface area contributed by atoms with Gasteiger partial charge in [-0.25, -0.2) is 9.59 Å².